The van der Waals surface area contributed by atoms with E-state index in [-0.39, 0.29) is 17.8 Å². The number of Topliss-reactive ketones (excluding diaryl/α,β-unsaturated/α-hetero) is 1. The normalized spacial score (nSPS) is 22.8. The molecule has 1 N–H and O–H groups in total. The second kappa shape index (κ2) is 5.29. The third-order valence-corrected chi connectivity index (χ3v) is 2.73. The topological polar surface area (TPSA) is 64.6 Å². The summed E-state index contributed by atoms with van der Waals surface area (Å²) in [5.74, 6) is 0.0951. The Hall–Kier alpha value is -1.72. The molecule has 1 heterocycles. The molecule has 0 bridgehead atoms. The van der Waals surface area contributed by atoms with E-state index < -0.39 is 6.23 Å². The average molecular weight is 249 g/mol. The molecule has 0 amide bonds. The van der Waals surface area contributed by atoms with Crippen LogP contribution in [0.15, 0.2) is 24.3 Å². The Balaban J connectivity index is 2.18. The summed E-state index contributed by atoms with van der Waals surface area (Å²) in [5, 5.41) is 3.06. The van der Waals surface area contributed by atoms with Crippen LogP contribution < -0.4 is 10.1 Å². The predicted molar refractivity (Wildman–Crippen MR) is 64.0 cm³/mol. The van der Waals surface area contributed by atoms with Gasteiger partial charge < -0.3 is 9.47 Å². The van der Waals surface area contributed by atoms with Gasteiger partial charge in [0.2, 0.25) is 0 Å². The van der Waals surface area contributed by atoms with Crippen molar-refractivity contribution >= 4 is 11.8 Å². The van der Waals surface area contributed by atoms with E-state index in [4.69, 9.17) is 9.47 Å². The first-order valence-electron chi connectivity index (χ1n) is 5.73. The van der Waals surface area contributed by atoms with Crippen molar-refractivity contribution in [1.29, 1.82) is 0 Å². The van der Waals surface area contributed by atoms with E-state index in [0.29, 0.717) is 12.4 Å². The monoisotopic (exact) mass is 249 g/mol. The predicted octanol–water partition coefficient (Wildman–Crippen LogP) is 1.19. The van der Waals surface area contributed by atoms with Crippen LogP contribution in [0.3, 0.4) is 0 Å². The molecule has 1 aliphatic rings. The minimum absolute atomic E-state index is 0.0301. The molecule has 1 saturated heterocycles. The quantitative estimate of drug-likeness (QED) is 0.644. The molecule has 0 aliphatic carbocycles. The average Bonchev–Trinajstić information content (AvgIpc) is 2.78. The number of ether oxygens (including phenoxy) is 2. The molecule has 1 aromatic rings. The summed E-state index contributed by atoms with van der Waals surface area (Å²) in [7, 11) is 0. The molecule has 18 heavy (non-hydrogen) atoms. The maximum atomic E-state index is 11.3. The van der Waals surface area contributed by atoms with Crippen LogP contribution in [0.4, 0.5) is 0 Å². The lowest BCUT2D eigenvalue weighted by molar-refractivity contribution is -0.132. The van der Waals surface area contributed by atoms with Crippen molar-refractivity contribution < 1.29 is 19.1 Å². The van der Waals surface area contributed by atoms with Gasteiger partial charge in [0.15, 0.2) is 0 Å². The fourth-order valence-corrected chi connectivity index (χ4v) is 1.83. The molecule has 2 rings (SSSR count). The zero-order valence-corrected chi connectivity index (χ0v) is 10.3. The summed E-state index contributed by atoms with van der Waals surface area (Å²) in [6.45, 7) is 3.19. The van der Waals surface area contributed by atoms with Crippen LogP contribution in [-0.4, -0.2) is 24.4 Å². The van der Waals surface area contributed by atoms with E-state index in [2.05, 4.69) is 5.32 Å². The van der Waals surface area contributed by atoms with Crippen molar-refractivity contribution in [2.45, 2.75) is 26.1 Å². The minimum atomic E-state index is -0.422. The smallest absolute Gasteiger partial charge is 0.308 e. The first-order valence-corrected chi connectivity index (χ1v) is 5.73. The molecule has 0 spiro atoms. The lowest BCUT2D eigenvalue weighted by atomic mass is 10.1. The second-order valence-electron chi connectivity index (χ2n) is 4.17. The van der Waals surface area contributed by atoms with Gasteiger partial charge in [-0.1, -0.05) is 18.2 Å². The zero-order chi connectivity index (χ0) is 13.1. The standard InChI is InChI=1S/C13H15NO4/c1-8(15)11-7-17-13(14-11)10-5-3-4-6-12(10)18-9(2)16/h3-6,11,13-14H,7H2,1-2H3. The molecule has 1 aromatic carbocycles. The number of carbonyl (C=O) groups is 2. The van der Waals surface area contributed by atoms with Crippen LogP contribution in [-0.2, 0) is 14.3 Å². The highest BCUT2D eigenvalue weighted by Gasteiger charge is 2.30. The van der Waals surface area contributed by atoms with E-state index in [1.165, 1.54) is 13.8 Å². The molecule has 2 atom stereocenters. The summed E-state index contributed by atoms with van der Waals surface area (Å²) in [6, 6.07) is 6.80. The lowest BCUT2D eigenvalue weighted by Gasteiger charge is -2.15. The highest BCUT2D eigenvalue weighted by Crippen LogP contribution is 2.29. The van der Waals surface area contributed by atoms with Gasteiger partial charge in [0.1, 0.15) is 17.8 Å². The highest BCUT2D eigenvalue weighted by atomic mass is 16.5. The van der Waals surface area contributed by atoms with Crippen molar-refractivity contribution in [1.82, 2.24) is 5.32 Å². The number of nitrogens with one attached hydrogen (secondary N) is 1. The van der Waals surface area contributed by atoms with Gasteiger partial charge in [-0.25, -0.2) is 0 Å². The SMILES string of the molecule is CC(=O)Oc1ccccc1C1NC(C(C)=O)CO1. The van der Waals surface area contributed by atoms with Gasteiger partial charge in [-0.2, -0.15) is 0 Å². The van der Waals surface area contributed by atoms with E-state index in [1.807, 2.05) is 6.07 Å². The van der Waals surface area contributed by atoms with Gasteiger partial charge in [-0.05, 0) is 13.0 Å². The molecule has 1 aliphatic heterocycles. The third kappa shape index (κ3) is 2.75. The Morgan fingerprint density at radius 1 is 1.33 bits per heavy atom. The molecule has 96 valence electrons. The Labute approximate surface area is 105 Å². The number of ketones is 1. The van der Waals surface area contributed by atoms with Crippen molar-refractivity contribution in [2.24, 2.45) is 0 Å². The van der Waals surface area contributed by atoms with Crippen LogP contribution in [0.25, 0.3) is 0 Å². The third-order valence-electron chi connectivity index (χ3n) is 2.73. The van der Waals surface area contributed by atoms with Crippen molar-refractivity contribution in [3.63, 3.8) is 0 Å². The minimum Gasteiger partial charge on any atom is -0.426 e. The zero-order valence-electron chi connectivity index (χ0n) is 10.3. The van der Waals surface area contributed by atoms with Gasteiger partial charge >= 0.3 is 5.97 Å². The van der Waals surface area contributed by atoms with Crippen LogP contribution in [0, 0.1) is 0 Å². The van der Waals surface area contributed by atoms with Crippen LogP contribution in [0.1, 0.15) is 25.6 Å². The molecule has 0 saturated carbocycles. The van der Waals surface area contributed by atoms with Crippen LogP contribution in [0.2, 0.25) is 0 Å². The maximum absolute atomic E-state index is 11.3. The van der Waals surface area contributed by atoms with Gasteiger partial charge in [-0.3, -0.25) is 14.9 Å². The molecule has 0 radical (unpaired) electrons. The number of hydrogen-bond acceptors (Lipinski definition) is 5. The van der Waals surface area contributed by atoms with Gasteiger partial charge in [0, 0.05) is 12.5 Å². The van der Waals surface area contributed by atoms with Gasteiger partial charge in [-0.15, -0.1) is 0 Å². The molecule has 0 aromatic heterocycles. The summed E-state index contributed by atoms with van der Waals surface area (Å²) in [4.78, 5) is 22.3. The number of carbonyl (C=O) groups excluding carboxylic acids is 2. The Bertz CT molecular complexity index is 472. The number of benzene rings is 1. The summed E-state index contributed by atoms with van der Waals surface area (Å²) < 4.78 is 10.6. The largest absolute Gasteiger partial charge is 0.426 e. The Morgan fingerprint density at radius 3 is 2.67 bits per heavy atom. The van der Waals surface area contributed by atoms with Crippen LogP contribution >= 0.6 is 0 Å². The molecular formula is C13H15NO4. The van der Waals surface area contributed by atoms with Crippen molar-refractivity contribution in [2.75, 3.05) is 6.61 Å². The Kier molecular flexibility index (Phi) is 3.74. The first kappa shape index (κ1) is 12.7. The second-order valence-corrected chi connectivity index (χ2v) is 4.17. The molecule has 2 unspecified atom stereocenters. The lowest BCUT2D eigenvalue weighted by Crippen LogP contribution is -2.32. The van der Waals surface area contributed by atoms with Crippen molar-refractivity contribution in [3.05, 3.63) is 29.8 Å². The van der Waals surface area contributed by atoms with Gasteiger partial charge in [0.05, 0.1) is 12.6 Å². The Morgan fingerprint density at radius 2 is 2.06 bits per heavy atom. The molecule has 5 nitrogen and oxygen atoms in total. The number of hydrogen-bond donors (Lipinski definition) is 1. The molecule has 5 heteroatoms. The summed E-state index contributed by atoms with van der Waals surface area (Å²) in [5.41, 5.74) is 0.719. The summed E-state index contributed by atoms with van der Waals surface area (Å²) >= 11 is 0. The van der Waals surface area contributed by atoms with E-state index in [9.17, 15) is 9.59 Å². The number of esters is 1. The fraction of sp³-hybridized carbons (Fsp3) is 0.385. The fourth-order valence-electron chi connectivity index (χ4n) is 1.83. The van der Waals surface area contributed by atoms with E-state index >= 15 is 0 Å². The summed E-state index contributed by atoms with van der Waals surface area (Å²) in [6.07, 6.45) is -0.422. The van der Waals surface area contributed by atoms with E-state index in [1.54, 1.807) is 18.2 Å². The number of rotatable bonds is 3. The molecular weight excluding hydrogens is 234 g/mol. The number of para-hydroxylation sites is 1. The maximum Gasteiger partial charge on any atom is 0.308 e. The van der Waals surface area contributed by atoms with Crippen LogP contribution in [0.5, 0.6) is 5.75 Å². The van der Waals surface area contributed by atoms with Gasteiger partial charge in [0.25, 0.3) is 0 Å². The first-order chi connectivity index (χ1) is 8.58. The van der Waals surface area contributed by atoms with Crippen molar-refractivity contribution in [3.8, 4) is 5.75 Å². The van der Waals surface area contributed by atoms with E-state index in [0.717, 1.165) is 5.56 Å². The highest BCUT2D eigenvalue weighted by molar-refractivity contribution is 5.81. The molecule has 1 fully saturated rings.